The number of esters is 1. The number of benzene rings is 1. The Kier molecular flexibility index (Phi) is 13.1. The summed E-state index contributed by atoms with van der Waals surface area (Å²) in [6, 6.07) is 7.12. The van der Waals surface area contributed by atoms with Crippen molar-refractivity contribution < 1.29 is 60.0 Å². The summed E-state index contributed by atoms with van der Waals surface area (Å²) < 4.78 is 100. The fourth-order valence-electron chi connectivity index (χ4n) is 7.33. The van der Waals surface area contributed by atoms with Gasteiger partial charge < -0.3 is 29.1 Å². The molecule has 0 unspecified atom stereocenters. The summed E-state index contributed by atoms with van der Waals surface area (Å²) in [5.74, 6) is -1.92. The van der Waals surface area contributed by atoms with Gasteiger partial charge in [-0.05, 0) is 51.2 Å². The number of ether oxygens (including phenoxy) is 3. The number of thiophene rings is 1. The number of alkyl halides is 6. The molecule has 5 rings (SSSR count). The van der Waals surface area contributed by atoms with Crippen LogP contribution in [-0.2, 0) is 32.3 Å². The molecule has 17 heteroatoms. The number of carbonyl (C=O) groups excluding carboxylic acids is 3. The van der Waals surface area contributed by atoms with Gasteiger partial charge in [-0.25, -0.2) is 0 Å². The Balaban J connectivity index is 1.44. The quantitative estimate of drug-likeness (QED) is 0.107. The van der Waals surface area contributed by atoms with Gasteiger partial charge in [0.1, 0.15) is 16.4 Å². The number of halogens is 6. The van der Waals surface area contributed by atoms with Gasteiger partial charge in [-0.3, -0.25) is 19.4 Å². The Bertz CT molecular complexity index is 1810. The number of rotatable bonds is 13. The fraction of sp³-hybridized carbons (Fsp3) is 0.526. The van der Waals surface area contributed by atoms with Crippen LogP contribution in [0.1, 0.15) is 91.6 Å². The third-order valence-corrected chi connectivity index (χ3v) is 10.9. The van der Waals surface area contributed by atoms with Crippen molar-refractivity contribution in [2.75, 3.05) is 32.8 Å². The van der Waals surface area contributed by atoms with Crippen LogP contribution in [0.4, 0.5) is 26.3 Å². The number of aromatic nitrogens is 1. The van der Waals surface area contributed by atoms with Crippen LogP contribution in [0.25, 0.3) is 0 Å². The van der Waals surface area contributed by atoms with Crippen molar-refractivity contribution in [3.63, 3.8) is 0 Å². The van der Waals surface area contributed by atoms with Crippen LogP contribution < -0.4 is 9.47 Å². The van der Waals surface area contributed by atoms with Crippen molar-refractivity contribution in [3.05, 3.63) is 75.7 Å². The number of carbonyl (C=O) groups is 3. The molecule has 2 aliphatic heterocycles. The molecule has 2 aromatic heterocycles. The fourth-order valence-corrected chi connectivity index (χ4v) is 8.00. The first-order valence-electron chi connectivity index (χ1n) is 18.1. The summed E-state index contributed by atoms with van der Waals surface area (Å²) in [4.78, 5) is 46.0. The number of nitrogens with zero attached hydrogens (tertiary/aromatic N) is 3. The topological polar surface area (TPSA) is 119 Å². The molecule has 10 nitrogen and oxygen atoms in total. The summed E-state index contributed by atoms with van der Waals surface area (Å²) >= 11 is 0.367. The molecular weight excluding hydrogens is 756 g/mol. The lowest BCUT2D eigenvalue weighted by Crippen LogP contribution is -2.68. The largest absolute Gasteiger partial charge is 0.493 e. The van der Waals surface area contributed by atoms with E-state index in [1.54, 1.807) is 38.1 Å². The third kappa shape index (κ3) is 9.36. The van der Waals surface area contributed by atoms with E-state index in [1.807, 2.05) is 0 Å². The predicted octanol–water partition coefficient (Wildman–Crippen LogP) is 7.64. The highest BCUT2D eigenvalue weighted by Gasteiger charge is 2.56. The van der Waals surface area contributed by atoms with Crippen LogP contribution in [0.3, 0.4) is 0 Å². The van der Waals surface area contributed by atoms with Crippen molar-refractivity contribution in [1.82, 2.24) is 14.8 Å². The normalized spacial score (nSPS) is 20.2. The minimum Gasteiger partial charge on any atom is -0.493 e. The number of likely N-dealkylation sites (tertiary alicyclic amines) is 2. The number of amides is 2. The smallest absolute Gasteiger partial charge is 0.425 e. The third-order valence-electron chi connectivity index (χ3n) is 9.91. The summed E-state index contributed by atoms with van der Waals surface area (Å²) in [7, 11) is 0. The predicted molar refractivity (Wildman–Crippen MR) is 188 cm³/mol. The summed E-state index contributed by atoms with van der Waals surface area (Å²) in [6.45, 7) is 3.81. The first-order valence-corrected chi connectivity index (χ1v) is 19.0. The lowest BCUT2D eigenvalue weighted by atomic mass is 9.78. The molecule has 300 valence electrons. The van der Waals surface area contributed by atoms with Gasteiger partial charge in [0.25, 0.3) is 11.8 Å². The Hall–Kier alpha value is -4.38. The van der Waals surface area contributed by atoms with E-state index < -0.39 is 57.4 Å². The molecule has 0 spiro atoms. The summed E-state index contributed by atoms with van der Waals surface area (Å²) in [5, 5.41) is 13.0. The zero-order chi connectivity index (χ0) is 40.0. The maximum absolute atomic E-state index is 14.9. The molecule has 0 aliphatic carbocycles. The van der Waals surface area contributed by atoms with Crippen molar-refractivity contribution in [3.8, 4) is 11.5 Å². The molecule has 1 aromatic carbocycles. The number of piperidine rings is 2. The zero-order valence-electron chi connectivity index (χ0n) is 30.4. The van der Waals surface area contributed by atoms with Crippen molar-refractivity contribution in [2.45, 2.75) is 94.8 Å². The van der Waals surface area contributed by atoms with Crippen molar-refractivity contribution >= 4 is 29.1 Å². The molecule has 0 bridgehead atoms. The molecule has 2 fully saturated rings. The second-order valence-electron chi connectivity index (χ2n) is 13.5. The SMILES string of the molecule is CCC[C@H]1N(C(=O)c2cnccc2C(F)(F)F)CCC[C@]1(Oc1csc(C(F)(F)F)c1)C(=O)N1CCC(O)(c2ccccc2OCCCC(=O)OCC)CC1. The van der Waals surface area contributed by atoms with Gasteiger partial charge in [0.2, 0.25) is 5.60 Å². The first-order chi connectivity index (χ1) is 26.0. The van der Waals surface area contributed by atoms with Crippen LogP contribution in [0, 0.1) is 0 Å². The second kappa shape index (κ2) is 17.2. The lowest BCUT2D eigenvalue weighted by molar-refractivity contribution is -0.163. The van der Waals surface area contributed by atoms with Gasteiger partial charge in [0.05, 0.1) is 36.0 Å². The lowest BCUT2D eigenvalue weighted by Gasteiger charge is -2.51. The number of hydrogen-bond acceptors (Lipinski definition) is 9. The highest BCUT2D eigenvalue weighted by molar-refractivity contribution is 7.10. The van der Waals surface area contributed by atoms with Gasteiger partial charge >= 0.3 is 18.3 Å². The summed E-state index contributed by atoms with van der Waals surface area (Å²) in [6.07, 6.45) is -6.81. The van der Waals surface area contributed by atoms with Crippen LogP contribution in [0.5, 0.6) is 11.5 Å². The molecule has 1 N–H and O–H groups in total. The number of hydrogen-bond donors (Lipinski definition) is 1. The summed E-state index contributed by atoms with van der Waals surface area (Å²) in [5.41, 5.74) is -4.90. The van der Waals surface area contributed by atoms with E-state index in [1.165, 1.54) is 4.90 Å². The molecule has 2 atom stereocenters. The van der Waals surface area contributed by atoms with E-state index in [-0.39, 0.29) is 83.1 Å². The maximum Gasteiger partial charge on any atom is 0.425 e. The van der Waals surface area contributed by atoms with Crippen LogP contribution in [0.2, 0.25) is 0 Å². The monoisotopic (exact) mass is 799 g/mol. The zero-order valence-corrected chi connectivity index (χ0v) is 31.2. The Morgan fingerprint density at radius 3 is 2.38 bits per heavy atom. The molecule has 0 saturated carbocycles. The number of aliphatic hydroxyl groups is 1. The average molecular weight is 800 g/mol. The van der Waals surface area contributed by atoms with Gasteiger partial charge in [-0.15, -0.1) is 11.3 Å². The molecule has 55 heavy (non-hydrogen) atoms. The standard InChI is InChI=1S/C38H43F6N3O7S/c1-3-9-30-36(54-25-22-31(55-24-25)38(42,43)44,14-8-18-47(30)33(49)26-23-45-17-13-27(26)37(39,40)41)34(50)46-19-15-35(51,16-20-46)28-10-5-6-11-29(28)53-21-7-12-32(48)52-4-2/h5-6,10-11,13,17,22-24,30,51H,3-4,7-9,12,14-16,18-21H2,1-2H3/t30-,36-/m1/s1. The maximum atomic E-state index is 14.9. The number of para-hydroxylation sites is 1. The van der Waals surface area contributed by atoms with E-state index in [0.29, 0.717) is 41.6 Å². The highest BCUT2D eigenvalue weighted by atomic mass is 32.1. The Labute approximate surface area is 318 Å². The highest BCUT2D eigenvalue weighted by Crippen LogP contribution is 2.44. The first kappa shape index (κ1) is 41.8. The molecular formula is C38H43F6N3O7S. The molecule has 4 heterocycles. The van der Waals surface area contributed by atoms with E-state index in [9.17, 15) is 45.8 Å². The van der Waals surface area contributed by atoms with Crippen LogP contribution in [-0.4, -0.2) is 82.2 Å². The second-order valence-corrected chi connectivity index (χ2v) is 14.4. The molecule has 2 saturated heterocycles. The average Bonchev–Trinajstić information content (AvgIpc) is 3.63. The minimum atomic E-state index is -4.89. The van der Waals surface area contributed by atoms with Gasteiger partial charge in [0, 0.05) is 61.9 Å². The van der Waals surface area contributed by atoms with Gasteiger partial charge in [-0.2, -0.15) is 26.3 Å². The number of pyridine rings is 1. The molecule has 2 amide bonds. The van der Waals surface area contributed by atoms with E-state index in [4.69, 9.17) is 14.2 Å². The molecule has 2 aliphatic rings. The van der Waals surface area contributed by atoms with Gasteiger partial charge in [0.15, 0.2) is 0 Å². The molecule has 3 aromatic rings. The molecule has 0 radical (unpaired) electrons. The van der Waals surface area contributed by atoms with E-state index in [0.717, 1.165) is 28.7 Å². The minimum absolute atomic E-state index is 0.0251. The van der Waals surface area contributed by atoms with Crippen LogP contribution >= 0.6 is 11.3 Å². The van der Waals surface area contributed by atoms with Crippen molar-refractivity contribution in [1.29, 1.82) is 0 Å². The van der Waals surface area contributed by atoms with Crippen LogP contribution in [0.15, 0.2) is 54.2 Å². The van der Waals surface area contributed by atoms with E-state index in [2.05, 4.69) is 4.98 Å². The Morgan fingerprint density at radius 1 is 1.00 bits per heavy atom. The van der Waals surface area contributed by atoms with E-state index >= 15 is 0 Å². The Morgan fingerprint density at radius 2 is 1.73 bits per heavy atom. The van der Waals surface area contributed by atoms with Crippen molar-refractivity contribution in [2.24, 2.45) is 0 Å². The van der Waals surface area contributed by atoms with Gasteiger partial charge in [-0.1, -0.05) is 31.5 Å².